The highest BCUT2D eigenvalue weighted by molar-refractivity contribution is 7.13. The van der Waals surface area contributed by atoms with E-state index in [2.05, 4.69) is 31.2 Å². The van der Waals surface area contributed by atoms with Crippen LogP contribution in [0.1, 0.15) is 0 Å². The maximum Gasteiger partial charge on any atom is 0.245 e. The minimum absolute atomic E-state index is 0.446. The zero-order valence-electron chi connectivity index (χ0n) is 15.9. The number of rotatable bonds is 5. The summed E-state index contributed by atoms with van der Waals surface area (Å²) >= 11 is 3.18. The Hall–Kier alpha value is -3.82. The first-order valence-electron chi connectivity index (χ1n) is 9.45. The van der Waals surface area contributed by atoms with Gasteiger partial charge in [0, 0.05) is 40.8 Å². The summed E-state index contributed by atoms with van der Waals surface area (Å²) in [4.78, 5) is 18.5. The number of H-pyrrole nitrogens is 2. The number of hydrogen-bond acceptors (Lipinski definition) is 7. The number of nitrogens with one attached hydrogen (secondary N) is 2. The molecular weight excluding hydrogens is 428 g/mol. The number of aromatic amines is 2. The molecule has 6 aromatic heterocycles. The zero-order chi connectivity index (χ0) is 20.6. The molecule has 0 radical (unpaired) electrons. The first-order valence-corrected chi connectivity index (χ1v) is 11.2. The van der Waals surface area contributed by atoms with E-state index in [-0.39, 0.29) is 0 Å². The maximum atomic E-state index is 5.71. The molecule has 0 fully saturated rings. The lowest BCUT2D eigenvalue weighted by Gasteiger charge is -2.18. The molecule has 0 aliphatic heterocycles. The van der Waals surface area contributed by atoms with Crippen molar-refractivity contribution >= 4 is 22.7 Å². The molecule has 6 aromatic rings. The molecule has 9 heteroatoms. The molecule has 31 heavy (non-hydrogen) atoms. The monoisotopic (exact) mass is 442 g/mol. The van der Waals surface area contributed by atoms with Crippen molar-refractivity contribution in [3.8, 4) is 55.2 Å². The summed E-state index contributed by atoms with van der Waals surface area (Å²) in [5.41, 5.74) is 6.07. The Balaban J connectivity index is 1.82. The lowest BCUT2D eigenvalue weighted by atomic mass is 9.93. The predicted molar refractivity (Wildman–Crippen MR) is 122 cm³/mol. The number of thiazole rings is 1. The molecule has 0 saturated heterocycles. The Morgan fingerprint density at radius 2 is 1.81 bits per heavy atom. The molecule has 0 amide bonds. The highest BCUT2D eigenvalue weighted by atomic mass is 32.1. The number of nitrogens with zero attached hydrogens (tertiary/aromatic N) is 4. The summed E-state index contributed by atoms with van der Waals surface area (Å²) in [7, 11) is 0. The highest BCUT2D eigenvalue weighted by Crippen LogP contribution is 2.48. The summed E-state index contributed by atoms with van der Waals surface area (Å²) in [6.07, 6.45) is 8.63. The molecule has 150 valence electrons. The molecule has 0 spiro atoms. The van der Waals surface area contributed by atoms with Crippen molar-refractivity contribution < 1.29 is 4.42 Å². The highest BCUT2D eigenvalue weighted by Gasteiger charge is 2.28. The van der Waals surface area contributed by atoms with Gasteiger partial charge in [0.1, 0.15) is 17.0 Å². The van der Waals surface area contributed by atoms with E-state index in [1.54, 1.807) is 47.5 Å². The Morgan fingerprint density at radius 3 is 2.48 bits per heavy atom. The number of oxazole rings is 1. The van der Waals surface area contributed by atoms with Crippen molar-refractivity contribution in [2.45, 2.75) is 0 Å². The number of pyridine rings is 1. The normalized spacial score (nSPS) is 11.2. The molecule has 0 aliphatic rings. The minimum atomic E-state index is 0.446. The average Bonchev–Trinajstić information content (AvgIpc) is 3.65. The van der Waals surface area contributed by atoms with Gasteiger partial charge in [0.2, 0.25) is 5.89 Å². The third-order valence-corrected chi connectivity index (χ3v) is 6.54. The topological polar surface area (TPSA) is 96.3 Å². The van der Waals surface area contributed by atoms with Crippen LogP contribution < -0.4 is 0 Å². The molecule has 6 heterocycles. The first kappa shape index (κ1) is 18.0. The summed E-state index contributed by atoms with van der Waals surface area (Å²) in [6, 6.07) is 10.1. The van der Waals surface area contributed by atoms with E-state index in [1.165, 1.54) is 0 Å². The van der Waals surface area contributed by atoms with Crippen molar-refractivity contribution in [1.29, 1.82) is 0 Å². The third kappa shape index (κ3) is 3.02. The molecule has 7 nitrogen and oxygen atoms in total. The van der Waals surface area contributed by atoms with Crippen LogP contribution in [-0.4, -0.2) is 30.1 Å². The van der Waals surface area contributed by atoms with E-state index in [9.17, 15) is 0 Å². The molecule has 0 atom stereocenters. The van der Waals surface area contributed by atoms with E-state index in [0.29, 0.717) is 11.6 Å². The second-order valence-corrected chi connectivity index (χ2v) is 8.48. The van der Waals surface area contributed by atoms with Crippen LogP contribution in [0.5, 0.6) is 0 Å². The molecule has 0 aliphatic carbocycles. The van der Waals surface area contributed by atoms with Gasteiger partial charge in [-0.1, -0.05) is 6.07 Å². The minimum Gasteiger partial charge on any atom is -0.443 e. The van der Waals surface area contributed by atoms with Crippen molar-refractivity contribution in [3.63, 3.8) is 0 Å². The van der Waals surface area contributed by atoms with Crippen LogP contribution in [0.3, 0.4) is 0 Å². The van der Waals surface area contributed by atoms with Gasteiger partial charge in [-0.25, -0.2) is 15.0 Å². The van der Waals surface area contributed by atoms with Gasteiger partial charge in [0.05, 0.1) is 28.0 Å². The van der Waals surface area contributed by atoms with E-state index in [4.69, 9.17) is 9.40 Å². The molecule has 2 N–H and O–H groups in total. The third-order valence-electron chi connectivity index (χ3n) is 4.87. The summed E-state index contributed by atoms with van der Waals surface area (Å²) < 4.78 is 5.71. The largest absolute Gasteiger partial charge is 0.443 e. The van der Waals surface area contributed by atoms with E-state index in [0.717, 1.165) is 43.7 Å². The van der Waals surface area contributed by atoms with Gasteiger partial charge < -0.3 is 9.40 Å². The van der Waals surface area contributed by atoms with Crippen LogP contribution in [0, 0.1) is 0 Å². The standard InChI is InChI=1S/C22H14N6OS2/c1-3-13(23-6-1)17-16(14-5-7-26-28-14)18(22-25-9-12-31-22)20(21-24-8-10-29-21)27-19(17)15-4-2-11-30-15/h1-12,23H,(H,26,28). The van der Waals surface area contributed by atoms with Gasteiger partial charge in [-0.05, 0) is 29.6 Å². The Labute approximate surface area is 184 Å². The zero-order valence-corrected chi connectivity index (χ0v) is 17.6. The lowest BCUT2D eigenvalue weighted by molar-refractivity contribution is 0.572. The number of aromatic nitrogens is 6. The van der Waals surface area contributed by atoms with Gasteiger partial charge in [-0.15, -0.1) is 22.7 Å². The fourth-order valence-electron chi connectivity index (χ4n) is 3.64. The van der Waals surface area contributed by atoms with Crippen molar-refractivity contribution in [3.05, 3.63) is 72.1 Å². The molecule has 0 bridgehead atoms. The van der Waals surface area contributed by atoms with E-state index >= 15 is 0 Å². The van der Waals surface area contributed by atoms with Crippen LogP contribution in [0.25, 0.3) is 55.2 Å². The van der Waals surface area contributed by atoms with Crippen LogP contribution in [0.2, 0.25) is 0 Å². The maximum absolute atomic E-state index is 5.71. The van der Waals surface area contributed by atoms with Crippen molar-refractivity contribution in [2.24, 2.45) is 0 Å². The summed E-state index contributed by atoms with van der Waals surface area (Å²) in [5.74, 6) is 0.446. The van der Waals surface area contributed by atoms with Gasteiger partial charge in [0.15, 0.2) is 0 Å². The molecule has 0 unspecified atom stereocenters. The first-order chi connectivity index (χ1) is 15.4. The van der Waals surface area contributed by atoms with Crippen LogP contribution in [0.4, 0.5) is 0 Å². The quantitative estimate of drug-likeness (QED) is 0.343. The lowest BCUT2D eigenvalue weighted by Crippen LogP contribution is -2.01. The molecule has 0 saturated carbocycles. The Morgan fingerprint density at radius 1 is 0.806 bits per heavy atom. The summed E-state index contributed by atoms with van der Waals surface area (Å²) in [5, 5.41) is 12.2. The number of hydrogen-bond donors (Lipinski definition) is 2. The van der Waals surface area contributed by atoms with Gasteiger partial charge >= 0.3 is 0 Å². The van der Waals surface area contributed by atoms with Gasteiger partial charge in [-0.2, -0.15) is 5.10 Å². The van der Waals surface area contributed by atoms with Crippen molar-refractivity contribution in [1.82, 2.24) is 30.1 Å². The second-order valence-electron chi connectivity index (χ2n) is 6.64. The SMILES string of the molecule is c1c[nH]c(-c2c(-c3cccs3)nc(-c3ncco3)c(-c3nccs3)c2-c2ccn[nH]2)c1. The fourth-order valence-corrected chi connectivity index (χ4v) is 5.05. The molecule has 0 aromatic carbocycles. The van der Waals surface area contributed by atoms with Crippen molar-refractivity contribution in [2.75, 3.05) is 0 Å². The Bertz CT molecular complexity index is 1310. The van der Waals surface area contributed by atoms with Gasteiger partial charge in [0.25, 0.3) is 0 Å². The van der Waals surface area contributed by atoms with E-state index in [1.807, 2.05) is 41.2 Å². The predicted octanol–water partition coefficient (Wildman–Crippen LogP) is 5.97. The number of thiophene rings is 1. The van der Waals surface area contributed by atoms with Gasteiger partial charge in [-0.3, -0.25) is 5.10 Å². The van der Waals surface area contributed by atoms with Crippen LogP contribution in [-0.2, 0) is 0 Å². The molecular formula is C22H14N6OS2. The average molecular weight is 443 g/mol. The molecule has 6 rings (SSSR count). The fraction of sp³-hybridized carbons (Fsp3) is 0. The van der Waals surface area contributed by atoms with E-state index < -0.39 is 0 Å². The Kier molecular flexibility index (Phi) is 4.33. The van der Waals surface area contributed by atoms with Crippen LogP contribution >= 0.6 is 22.7 Å². The second kappa shape index (κ2) is 7.46. The van der Waals surface area contributed by atoms with Crippen LogP contribution in [0.15, 0.2) is 76.6 Å². The smallest absolute Gasteiger partial charge is 0.245 e. The summed E-state index contributed by atoms with van der Waals surface area (Å²) in [6.45, 7) is 0.